The molecule has 0 aromatic carbocycles. The maximum Gasteiger partial charge on any atom is 0.191 e. The zero-order valence-electron chi connectivity index (χ0n) is 13.9. The Morgan fingerprint density at radius 3 is 2.64 bits per heavy atom. The monoisotopic (exact) mass is 418 g/mol. The lowest BCUT2D eigenvalue weighted by molar-refractivity contribution is 0.406. The zero-order chi connectivity index (χ0) is 15.2. The number of ether oxygens (including phenoxy) is 1. The Labute approximate surface area is 150 Å². The van der Waals surface area contributed by atoms with E-state index in [0.717, 1.165) is 28.5 Å². The number of hydrogen-bond acceptors (Lipinski definition) is 3. The van der Waals surface area contributed by atoms with Crippen molar-refractivity contribution >= 4 is 29.9 Å². The maximum absolute atomic E-state index is 5.44. The second-order valence-corrected chi connectivity index (χ2v) is 5.60. The first kappa shape index (κ1) is 19.0. The number of methoxy groups -OCH3 is 1. The van der Waals surface area contributed by atoms with Crippen LogP contribution in [0.1, 0.15) is 42.5 Å². The lowest BCUT2D eigenvalue weighted by Crippen LogP contribution is -2.42. The summed E-state index contributed by atoms with van der Waals surface area (Å²) in [6.07, 6.45) is 6.94. The van der Waals surface area contributed by atoms with E-state index in [4.69, 9.17) is 4.74 Å². The molecule has 1 aliphatic rings. The number of halogens is 1. The molecule has 0 spiro atoms. The SMILES string of the molecule is CN=C(NCc1ncc(C)c(OC)c1C)NC1CCCC1.I. The van der Waals surface area contributed by atoms with Crippen molar-refractivity contribution in [2.24, 2.45) is 4.99 Å². The number of aryl methyl sites for hydroxylation is 1. The molecule has 1 aromatic heterocycles. The van der Waals surface area contributed by atoms with Crippen molar-refractivity contribution in [1.82, 2.24) is 15.6 Å². The van der Waals surface area contributed by atoms with Crippen molar-refractivity contribution < 1.29 is 4.74 Å². The fourth-order valence-corrected chi connectivity index (χ4v) is 2.87. The molecule has 0 atom stereocenters. The van der Waals surface area contributed by atoms with Gasteiger partial charge in [0.15, 0.2) is 5.96 Å². The van der Waals surface area contributed by atoms with Gasteiger partial charge in [-0.15, -0.1) is 24.0 Å². The Balaban J connectivity index is 0.00000242. The van der Waals surface area contributed by atoms with E-state index in [0.29, 0.717) is 12.6 Å². The maximum atomic E-state index is 5.44. The lowest BCUT2D eigenvalue weighted by atomic mass is 10.1. The molecule has 0 bridgehead atoms. The average molecular weight is 418 g/mol. The predicted molar refractivity (Wildman–Crippen MR) is 101 cm³/mol. The summed E-state index contributed by atoms with van der Waals surface area (Å²) in [5.74, 6) is 1.77. The summed E-state index contributed by atoms with van der Waals surface area (Å²) in [6.45, 7) is 4.70. The quantitative estimate of drug-likeness (QED) is 0.449. The van der Waals surface area contributed by atoms with Crippen molar-refractivity contribution in [2.45, 2.75) is 52.1 Å². The molecular weight excluding hydrogens is 391 g/mol. The Bertz CT molecular complexity index is 513. The van der Waals surface area contributed by atoms with Crippen LogP contribution in [0, 0.1) is 13.8 Å². The molecule has 1 fully saturated rings. The van der Waals surface area contributed by atoms with Crippen molar-refractivity contribution in [3.8, 4) is 5.75 Å². The second-order valence-electron chi connectivity index (χ2n) is 5.60. The summed E-state index contributed by atoms with van der Waals surface area (Å²) < 4.78 is 5.44. The van der Waals surface area contributed by atoms with Crippen molar-refractivity contribution in [3.63, 3.8) is 0 Å². The Morgan fingerprint density at radius 1 is 1.36 bits per heavy atom. The number of aromatic nitrogens is 1. The van der Waals surface area contributed by atoms with Gasteiger partial charge in [-0.1, -0.05) is 12.8 Å². The first-order chi connectivity index (χ1) is 10.2. The smallest absolute Gasteiger partial charge is 0.191 e. The van der Waals surface area contributed by atoms with E-state index in [1.54, 1.807) is 14.2 Å². The highest BCUT2D eigenvalue weighted by Gasteiger charge is 2.16. The molecule has 6 heteroatoms. The van der Waals surface area contributed by atoms with Crippen molar-refractivity contribution in [3.05, 3.63) is 23.0 Å². The van der Waals surface area contributed by atoms with Gasteiger partial charge in [-0.05, 0) is 26.7 Å². The summed E-state index contributed by atoms with van der Waals surface area (Å²) >= 11 is 0. The molecule has 5 nitrogen and oxygen atoms in total. The number of aliphatic imine (C=N–C) groups is 1. The van der Waals surface area contributed by atoms with Crippen LogP contribution in [0.15, 0.2) is 11.2 Å². The molecule has 2 rings (SSSR count). The number of hydrogen-bond donors (Lipinski definition) is 2. The molecule has 22 heavy (non-hydrogen) atoms. The third-order valence-corrected chi connectivity index (χ3v) is 4.09. The standard InChI is InChI=1S/C16H26N4O.HI/c1-11-9-18-14(12(2)15(11)21-4)10-19-16(17-3)20-13-7-5-6-8-13;/h9,13H,5-8,10H2,1-4H3,(H2,17,19,20);1H. The van der Waals surface area contributed by atoms with E-state index >= 15 is 0 Å². The Hall–Kier alpha value is -1.05. The Kier molecular flexibility index (Phi) is 7.92. The highest BCUT2D eigenvalue weighted by molar-refractivity contribution is 14.0. The topological polar surface area (TPSA) is 58.5 Å². The lowest BCUT2D eigenvalue weighted by Gasteiger charge is -2.18. The second kappa shape index (κ2) is 9.17. The van der Waals surface area contributed by atoms with E-state index in [-0.39, 0.29) is 24.0 Å². The first-order valence-corrected chi connectivity index (χ1v) is 7.62. The molecule has 1 saturated carbocycles. The molecule has 1 aromatic rings. The number of nitrogens with one attached hydrogen (secondary N) is 2. The molecule has 124 valence electrons. The van der Waals surface area contributed by atoms with Crippen LogP contribution in [0.2, 0.25) is 0 Å². The van der Waals surface area contributed by atoms with Gasteiger partial charge in [-0.3, -0.25) is 9.98 Å². The van der Waals surface area contributed by atoms with Crippen LogP contribution < -0.4 is 15.4 Å². The normalized spacial score (nSPS) is 15.4. The van der Waals surface area contributed by atoms with Gasteiger partial charge in [0.1, 0.15) is 5.75 Å². The van der Waals surface area contributed by atoms with Crippen LogP contribution in [-0.2, 0) is 6.54 Å². The summed E-state index contributed by atoms with van der Waals surface area (Å²) in [4.78, 5) is 8.79. The first-order valence-electron chi connectivity index (χ1n) is 7.62. The third-order valence-electron chi connectivity index (χ3n) is 4.09. The van der Waals surface area contributed by atoms with Crippen LogP contribution in [0.25, 0.3) is 0 Å². The van der Waals surface area contributed by atoms with E-state index in [2.05, 4.69) is 20.6 Å². The number of nitrogens with zero attached hydrogens (tertiary/aromatic N) is 2. The van der Waals surface area contributed by atoms with E-state index in [1.165, 1.54) is 25.7 Å². The van der Waals surface area contributed by atoms with Crippen LogP contribution >= 0.6 is 24.0 Å². The minimum atomic E-state index is 0. The highest BCUT2D eigenvalue weighted by Crippen LogP contribution is 2.23. The van der Waals surface area contributed by atoms with E-state index < -0.39 is 0 Å². The molecule has 0 unspecified atom stereocenters. The molecule has 0 saturated heterocycles. The van der Waals surface area contributed by atoms with Crippen LogP contribution in [0.4, 0.5) is 0 Å². The zero-order valence-corrected chi connectivity index (χ0v) is 16.2. The summed E-state index contributed by atoms with van der Waals surface area (Å²) in [5.41, 5.74) is 3.14. The largest absolute Gasteiger partial charge is 0.496 e. The van der Waals surface area contributed by atoms with Crippen LogP contribution in [0.3, 0.4) is 0 Å². The summed E-state index contributed by atoms with van der Waals surface area (Å²) in [5, 5.41) is 6.82. The third kappa shape index (κ3) is 4.72. The average Bonchev–Trinajstić information content (AvgIpc) is 2.98. The molecular formula is C16H27IN4O. The van der Waals surface area contributed by atoms with Crippen molar-refractivity contribution in [2.75, 3.05) is 14.2 Å². The molecule has 0 aliphatic heterocycles. The van der Waals surface area contributed by atoms with Gasteiger partial charge >= 0.3 is 0 Å². The number of rotatable bonds is 4. The number of guanidine groups is 1. The van der Waals surface area contributed by atoms with Crippen LogP contribution in [0.5, 0.6) is 5.75 Å². The fraction of sp³-hybridized carbons (Fsp3) is 0.625. The number of pyridine rings is 1. The predicted octanol–water partition coefficient (Wildman–Crippen LogP) is 2.93. The van der Waals surface area contributed by atoms with Gasteiger partial charge in [-0.2, -0.15) is 0 Å². The highest BCUT2D eigenvalue weighted by atomic mass is 127. The van der Waals surface area contributed by atoms with Crippen LogP contribution in [-0.4, -0.2) is 31.1 Å². The van der Waals surface area contributed by atoms with Crippen molar-refractivity contribution in [1.29, 1.82) is 0 Å². The molecule has 1 heterocycles. The van der Waals surface area contributed by atoms with E-state index in [1.807, 2.05) is 20.0 Å². The summed E-state index contributed by atoms with van der Waals surface area (Å²) in [7, 11) is 3.51. The minimum Gasteiger partial charge on any atom is -0.496 e. The van der Waals surface area contributed by atoms with Gasteiger partial charge in [0.05, 0.1) is 19.3 Å². The molecule has 2 N–H and O–H groups in total. The van der Waals surface area contributed by atoms with Gasteiger partial charge in [0.25, 0.3) is 0 Å². The summed E-state index contributed by atoms with van der Waals surface area (Å²) in [6, 6.07) is 0.554. The van der Waals surface area contributed by atoms with Gasteiger partial charge in [-0.25, -0.2) is 0 Å². The molecule has 0 radical (unpaired) electrons. The van der Waals surface area contributed by atoms with Gasteiger partial charge in [0.2, 0.25) is 0 Å². The van der Waals surface area contributed by atoms with E-state index in [9.17, 15) is 0 Å². The Morgan fingerprint density at radius 2 is 2.05 bits per heavy atom. The minimum absolute atomic E-state index is 0. The van der Waals surface area contributed by atoms with Gasteiger partial charge in [0, 0.05) is 30.4 Å². The fourth-order valence-electron chi connectivity index (χ4n) is 2.87. The molecule has 0 amide bonds. The molecule has 1 aliphatic carbocycles. The van der Waals surface area contributed by atoms with Gasteiger partial charge < -0.3 is 15.4 Å².